The molecule has 0 aliphatic carbocycles. The van der Waals surface area contributed by atoms with Crippen LogP contribution in [0.3, 0.4) is 0 Å². The van der Waals surface area contributed by atoms with Crippen LogP contribution in [-0.2, 0) is 0 Å². The Labute approximate surface area is 123 Å². The van der Waals surface area contributed by atoms with Gasteiger partial charge in [0.25, 0.3) is 5.91 Å². The molecule has 0 unspecified atom stereocenters. The third kappa shape index (κ3) is 3.55. The van der Waals surface area contributed by atoms with Crippen molar-refractivity contribution in [1.82, 2.24) is 0 Å². The number of rotatable bonds is 2. The van der Waals surface area contributed by atoms with E-state index in [1.54, 1.807) is 12.1 Å². The normalized spacial score (nSPS) is 10.3. The Hall–Kier alpha value is -1.39. The maximum absolute atomic E-state index is 13.6. The summed E-state index contributed by atoms with van der Waals surface area (Å²) in [6, 6.07) is 9.42. The monoisotopic (exact) mass is 341 g/mol. The summed E-state index contributed by atoms with van der Waals surface area (Å²) in [4.78, 5) is 12.0. The molecule has 0 heterocycles. The van der Waals surface area contributed by atoms with Crippen LogP contribution >= 0.6 is 27.5 Å². The predicted octanol–water partition coefficient (Wildman–Crippen LogP) is 4.80. The molecule has 0 radical (unpaired) electrons. The van der Waals surface area contributed by atoms with Crippen molar-refractivity contribution in [2.75, 3.05) is 5.32 Å². The number of amides is 1. The molecular formula is C14H10BrClFNO. The van der Waals surface area contributed by atoms with Crippen LogP contribution in [0.15, 0.2) is 40.9 Å². The summed E-state index contributed by atoms with van der Waals surface area (Å²) in [6.45, 7) is 1.91. The van der Waals surface area contributed by atoms with E-state index in [0.717, 1.165) is 16.1 Å². The van der Waals surface area contributed by atoms with Crippen LogP contribution in [0.2, 0.25) is 5.02 Å². The highest BCUT2D eigenvalue weighted by atomic mass is 79.9. The van der Waals surface area contributed by atoms with Crippen LogP contribution in [0.4, 0.5) is 10.1 Å². The van der Waals surface area contributed by atoms with Crippen molar-refractivity contribution in [1.29, 1.82) is 0 Å². The zero-order valence-corrected chi connectivity index (χ0v) is 12.3. The highest BCUT2D eigenvalue weighted by Crippen LogP contribution is 2.21. The van der Waals surface area contributed by atoms with E-state index in [2.05, 4.69) is 21.2 Å². The number of carbonyl (C=O) groups is 1. The molecule has 0 aliphatic heterocycles. The summed E-state index contributed by atoms with van der Waals surface area (Å²) in [5, 5.41) is 2.90. The Morgan fingerprint density at radius 3 is 2.63 bits per heavy atom. The first-order chi connectivity index (χ1) is 8.95. The van der Waals surface area contributed by atoms with Crippen molar-refractivity contribution >= 4 is 39.1 Å². The van der Waals surface area contributed by atoms with Gasteiger partial charge in [-0.05, 0) is 48.9 Å². The molecule has 2 aromatic rings. The van der Waals surface area contributed by atoms with Gasteiger partial charge < -0.3 is 5.32 Å². The fraction of sp³-hybridized carbons (Fsp3) is 0.0714. The van der Waals surface area contributed by atoms with E-state index in [4.69, 9.17) is 11.6 Å². The molecule has 0 aromatic heterocycles. The average Bonchev–Trinajstić information content (AvgIpc) is 2.26. The highest BCUT2D eigenvalue weighted by molar-refractivity contribution is 9.10. The Morgan fingerprint density at radius 1 is 1.26 bits per heavy atom. The van der Waals surface area contributed by atoms with Gasteiger partial charge in [-0.3, -0.25) is 4.79 Å². The van der Waals surface area contributed by atoms with E-state index >= 15 is 0 Å². The summed E-state index contributed by atoms with van der Waals surface area (Å²) in [5.74, 6) is -1.15. The Balaban J connectivity index is 2.25. The van der Waals surface area contributed by atoms with Crippen molar-refractivity contribution in [3.05, 3.63) is 62.8 Å². The lowest BCUT2D eigenvalue weighted by molar-refractivity contribution is 0.102. The van der Waals surface area contributed by atoms with E-state index in [1.807, 2.05) is 13.0 Å². The smallest absolute Gasteiger partial charge is 0.258 e. The van der Waals surface area contributed by atoms with E-state index in [0.29, 0.717) is 5.69 Å². The first-order valence-corrected chi connectivity index (χ1v) is 6.66. The molecule has 1 amide bonds. The van der Waals surface area contributed by atoms with Crippen LogP contribution in [0.5, 0.6) is 0 Å². The number of aryl methyl sites for hydroxylation is 1. The number of hydrogen-bond acceptors (Lipinski definition) is 1. The molecule has 2 nitrogen and oxygen atoms in total. The number of benzene rings is 2. The quantitative estimate of drug-likeness (QED) is 0.834. The van der Waals surface area contributed by atoms with E-state index in [1.165, 1.54) is 12.1 Å². The van der Waals surface area contributed by atoms with Crippen molar-refractivity contribution < 1.29 is 9.18 Å². The van der Waals surface area contributed by atoms with Crippen LogP contribution in [0.25, 0.3) is 0 Å². The van der Waals surface area contributed by atoms with Crippen molar-refractivity contribution in [3.8, 4) is 0 Å². The van der Waals surface area contributed by atoms with Crippen LogP contribution in [-0.4, -0.2) is 5.91 Å². The van der Waals surface area contributed by atoms with Gasteiger partial charge in [-0.2, -0.15) is 0 Å². The highest BCUT2D eigenvalue weighted by Gasteiger charge is 2.12. The molecule has 0 fully saturated rings. The van der Waals surface area contributed by atoms with Gasteiger partial charge in [-0.15, -0.1) is 0 Å². The second-order valence-electron chi connectivity index (χ2n) is 4.10. The molecule has 2 rings (SSSR count). The number of halogens is 3. The molecule has 0 bridgehead atoms. The Bertz CT molecular complexity index is 625. The number of nitrogens with one attached hydrogen (secondary N) is 1. The maximum Gasteiger partial charge on any atom is 0.258 e. The molecule has 0 saturated carbocycles. The fourth-order valence-corrected chi connectivity index (χ4v) is 2.45. The average molecular weight is 343 g/mol. The lowest BCUT2D eigenvalue weighted by atomic mass is 10.2. The van der Waals surface area contributed by atoms with E-state index in [9.17, 15) is 9.18 Å². The minimum absolute atomic E-state index is 0.0398. The SMILES string of the molecule is Cc1cc(Br)cc(NC(=O)c2ccc(Cl)cc2F)c1. The molecule has 0 aliphatic rings. The summed E-state index contributed by atoms with van der Waals surface area (Å²) in [7, 11) is 0. The van der Waals surface area contributed by atoms with Crippen molar-refractivity contribution in [2.24, 2.45) is 0 Å². The largest absolute Gasteiger partial charge is 0.322 e. The molecule has 2 aromatic carbocycles. The first kappa shape index (κ1) is 14.0. The third-order valence-corrected chi connectivity index (χ3v) is 3.17. The Kier molecular flexibility index (Phi) is 4.22. The first-order valence-electron chi connectivity index (χ1n) is 5.49. The van der Waals surface area contributed by atoms with Gasteiger partial charge >= 0.3 is 0 Å². The lowest BCUT2D eigenvalue weighted by Gasteiger charge is -2.08. The summed E-state index contributed by atoms with van der Waals surface area (Å²) >= 11 is 8.99. The summed E-state index contributed by atoms with van der Waals surface area (Å²) < 4.78 is 14.5. The lowest BCUT2D eigenvalue weighted by Crippen LogP contribution is -2.13. The van der Waals surface area contributed by atoms with Crippen molar-refractivity contribution in [2.45, 2.75) is 6.92 Å². The van der Waals surface area contributed by atoms with E-state index < -0.39 is 11.7 Å². The number of carbonyl (C=O) groups excluding carboxylic acids is 1. The van der Waals surface area contributed by atoms with Gasteiger partial charge in [0.1, 0.15) is 5.82 Å². The summed E-state index contributed by atoms with van der Waals surface area (Å²) in [6.07, 6.45) is 0. The molecule has 5 heteroatoms. The van der Waals surface area contributed by atoms with Gasteiger partial charge in [-0.1, -0.05) is 27.5 Å². The topological polar surface area (TPSA) is 29.1 Å². The van der Waals surface area contributed by atoms with Gasteiger partial charge in [0.05, 0.1) is 5.56 Å². The van der Waals surface area contributed by atoms with Crippen LogP contribution in [0.1, 0.15) is 15.9 Å². The van der Waals surface area contributed by atoms with E-state index in [-0.39, 0.29) is 10.6 Å². The molecule has 0 saturated heterocycles. The maximum atomic E-state index is 13.6. The van der Waals surface area contributed by atoms with Gasteiger partial charge in [0.2, 0.25) is 0 Å². The Morgan fingerprint density at radius 2 is 2.00 bits per heavy atom. The molecule has 19 heavy (non-hydrogen) atoms. The van der Waals surface area contributed by atoms with Crippen LogP contribution in [0, 0.1) is 12.7 Å². The third-order valence-electron chi connectivity index (χ3n) is 2.48. The van der Waals surface area contributed by atoms with Crippen LogP contribution < -0.4 is 5.32 Å². The second-order valence-corrected chi connectivity index (χ2v) is 5.45. The summed E-state index contributed by atoms with van der Waals surface area (Å²) in [5.41, 5.74) is 1.55. The molecular weight excluding hydrogens is 333 g/mol. The van der Waals surface area contributed by atoms with Gasteiger partial charge in [0.15, 0.2) is 0 Å². The zero-order chi connectivity index (χ0) is 14.0. The van der Waals surface area contributed by atoms with Gasteiger partial charge in [0, 0.05) is 15.2 Å². The minimum Gasteiger partial charge on any atom is -0.322 e. The predicted molar refractivity (Wildman–Crippen MR) is 78.2 cm³/mol. The zero-order valence-electron chi connectivity index (χ0n) is 10.0. The molecule has 0 atom stereocenters. The molecule has 0 spiro atoms. The van der Waals surface area contributed by atoms with Gasteiger partial charge in [-0.25, -0.2) is 4.39 Å². The minimum atomic E-state index is -0.642. The molecule has 98 valence electrons. The molecule has 1 N–H and O–H groups in total. The fourth-order valence-electron chi connectivity index (χ4n) is 1.68. The number of hydrogen-bond donors (Lipinski definition) is 1. The second kappa shape index (κ2) is 5.72. The number of anilines is 1. The van der Waals surface area contributed by atoms with Crippen molar-refractivity contribution in [3.63, 3.8) is 0 Å². The standard InChI is InChI=1S/C14H10BrClFNO/c1-8-4-9(15)6-11(5-8)18-14(19)12-3-2-10(16)7-13(12)17/h2-7H,1H3,(H,18,19).